The van der Waals surface area contributed by atoms with Crippen LogP contribution in [0.1, 0.15) is 21.9 Å². The lowest BCUT2D eigenvalue weighted by Gasteiger charge is -2.14. The number of carbonyl (C=O) groups is 1. The van der Waals surface area contributed by atoms with Crippen molar-refractivity contribution in [2.45, 2.75) is 13.5 Å². The van der Waals surface area contributed by atoms with Crippen LogP contribution in [0.3, 0.4) is 0 Å². The first-order valence-corrected chi connectivity index (χ1v) is 5.15. The van der Waals surface area contributed by atoms with Crippen LogP contribution in [0.2, 0.25) is 0 Å². The summed E-state index contributed by atoms with van der Waals surface area (Å²) in [5.41, 5.74) is 1.04. The van der Waals surface area contributed by atoms with Crippen molar-refractivity contribution in [2.75, 3.05) is 11.9 Å². The molecule has 0 spiro atoms. The predicted molar refractivity (Wildman–Crippen MR) is 61.2 cm³/mol. The number of hydrogen-bond donors (Lipinski definition) is 1. The molecule has 2 aromatic rings. The van der Waals surface area contributed by atoms with Crippen molar-refractivity contribution in [3.05, 3.63) is 41.5 Å². The molecular weight excluding hydrogens is 222 g/mol. The summed E-state index contributed by atoms with van der Waals surface area (Å²) >= 11 is 0. The highest BCUT2D eigenvalue weighted by atomic mass is 16.4. The van der Waals surface area contributed by atoms with E-state index in [0.29, 0.717) is 12.4 Å². The van der Waals surface area contributed by atoms with Gasteiger partial charge < -0.3 is 18.8 Å². The first kappa shape index (κ1) is 11.3. The molecule has 0 aromatic carbocycles. The number of furan rings is 2. The van der Waals surface area contributed by atoms with Crippen LogP contribution in [0, 0.1) is 6.92 Å². The van der Waals surface area contributed by atoms with Gasteiger partial charge in [0.05, 0.1) is 6.26 Å². The highest BCUT2D eigenvalue weighted by Crippen LogP contribution is 2.20. The SMILES string of the molecule is Cc1occc1CN(C)c1ccc(C(=O)O)o1. The van der Waals surface area contributed by atoms with Crippen LogP contribution in [-0.4, -0.2) is 18.1 Å². The van der Waals surface area contributed by atoms with Gasteiger partial charge in [-0.2, -0.15) is 0 Å². The Hall–Kier alpha value is -2.17. The highest BCUT2D eigenvalue weighted by molar-refractivity contribution is 5.84. The van der Waals surface area contributed by atoms with Crippen molar-refractivity contribution >= 4 is 11.9 Å². The lowest BCUT2D eigenvalue weighted by molar-refractivity contribution is 0.0663. The molecule has 2 aromatic heterocycles. The van der Waals surface area contributed by atoms with Crippen LogP contribution in [0.15, 0.2) is 33.3 Å². The Morgan fingerprint density at radius 2 is 2.18 bits per heavy atom. The number of aryl methyl sites for hydroxylation is 1. The molecule has 0 unspecified atom stereocenters. The summed E-state index contributed by atoms with van der Waals surface area (Å²) in [6.07, 6.45) is 1.63. The zero-order chi connectivity index (χ0) is 12.4. The summed E-state index contributed by atoms with van der Waals surface area (Å²) in [6, 6.07) is 4.96. The van der Waals surface area contributed by atoms with E-state index in [1.807, 2.05) is 24.9 Å². The minimum atomic E-state index is -1.07. The third-order valence-electron chi connectivity index (χ3n) is 2.55. The number of rotatable bonds is 4. The largest absolute Gasteiger partial charge is 0.475 e. The molecule has 1 N–H and O–H groups in total. The summed E-state index contributed by atoms with van der Waals surface area (Å²) in [5.74, 6) is 0.241. The first-order valence-electron chi connectivity index (χ1n) is 5.15. The van der Waals surface area contributed by atoms with Gasteiger partial charge in [-0.1, -0.05) is 0 Å². The number of carboxylic acids is 1. The molecule has 0 aliphatic rings. The summed E-state index contributed by atoms with van der Waals surface area (Å²) in [4.78, 5) is 12.5. The molecule has 2 rings (SSSR count). The molecule has 0 saturated carbocycles. The van der Waals surface area contributed by atoms with E-state index in [1.165, 1.54) is 6.07 Å². The van der Waals surface area contributed by atoms with E-state index in [1.54, 1.807) is 12.3 Å². The maximum atomic E-state index is 10.7. The number of aromatic carboxylic acids is 1. The second kappa shape index (κ2) is 4.37. The van der Waals surface area contributed by atoms with E-state index < -0.39 is 5.97 Å². The topological polar surface area (TPSA) is 66.8 Å². The van der Waals surface area contributed by atoms with E-state index in [0.717, 1.165) is 11.3 Å². The zero-order valence-electron chi connectivity index (χ0n) is 9.64. The third-order valence-corrected chi connectivity index (χ3v) is 2.55. The molecule has 0 radical (unpaired) electrons. The zero-order valence-corrected chi connectivity index (χ0v) is 9.64. The van der Waals surface area contributed by atoms with Gasteiger partial charge in [0, 0.05) is 25.2 Å². The standard InChI is InChI=1S/C12H13NO4/c1-8-9(5-6-16-8)7-13(2)11-4-3-10(17-11)12(14)15/h3-6H,7H2,1-2H3,(H,14,15). The van der Waals surface area contributed by atoms with Gasteiger partial charge in [-0.15, -0.1) is 0 Å². The molecule has 0 fully saturated rings. The minimum Gasteiger partial charge on any atom is -0.475 e. The van der Waals surface area contributed by atoms with E-state index in [4.69, 9.17) is 13.9 Å². The average molecular weight is 235 g/mol. The molecule has 0 amide bonds. The van der Waals surface area contributed by atoms with Crippen LogP contribution in [0.25, 0.3) is 0 Å². The van der Waals surface area contributed by atoms with Crippen LogP contribution in [0.5, 0.6) is 0 Å². The van der Waals surface area contributed by atoms with Gasteiger partial charge >= 0.3 is 5.97 Å². The Morgan fingerprint density at radius 3 is 2.71 bits per heavy atom. The lowest BCUT2D eigenvalue weighted by Crippen LogP contribution is -2.15. The van der Waals surface area contributed by atoms with E-state index in [-0.39, 0.29) is 5.76 Å². The highest BCUT2D eigenvalue weighted by Gasteiger charge is 2.13. The second-order valence-corrected chi connectivity index (χ2v) is 3.80. The molecule has 5 nitrogen and oxygen atoms in total. The Balaban J connectivity index is 2.12. The normalized spacial score (nSPS) is 10.5. The maximum absolute atomic E-state index is 10.7. The van der Waals surface area contributed by atoms with Gasteiger partial charge in [-0.25, -0.2) is 4.79 Å². The number of nitrogens with zero attached hydrogens (tertiary/aromatic N) is 1. The molecule has 0 saturated heterocycles. The van der Waals surface area contributed by atoms with E-state index >= 15 is 0 Å². The van der Waals surface area contributed by atoms with Gasteiger partial charge in [0.2, 0.25) is 5.76 Å². The van der Waals surface area contributed by atoms with Crippen LogP contribution in [-0.2, 0) is 6.54 Å². The van der Waals surface area contributed by atoms with Gasteiger partial charge in [0.1, 0.15) is 5.76 Å². The third kappa shape index (κ3) is 2.33. The fourth-order valence-electron chi connectivity index (χ4n) is 1.56. The number of anilines is 1. The molecule has 5 heteroatoms. The lowest BCUT2D eigenvalue weighted by atomic mass is 10.2. The van der Waals surface area contributed by atoms with Crippen molar-refractivity contribution in [1.82, 2.24) is 0 Å². The molecule has 0 aliphatic heterocycles. The second-order valence-electron chi connectivity index (χ2n) is 3.80. The van der Waals surface area contributed by atoms with Gasteiger partial charge in [-0.3, -0.25) is 0 Å². The molecule has 0 bridgehead atoms. The van der Waals surface area contributed by atoms with Gasteiger partial charge in [-0.05, 0) is 19.1 Å². The average Bonchev–Trinajstić information content (AvgIpc) is 2.88. The van der Waals surface area contributed by atoms with Crippen LogP contribution in [0.4, 0.5) is 5.88 Å². The number of hydrogen-bond acceptors (Lipinski definition) is 4. The van der Waals surface area contributed by atoms with Crippen molar-refractivity contribution in [2.24, 2.45) is 0 Å². The van der Waals surface area contributed by atoms with Crippen molar-refractivity contribution in [3.63, 3.8) is 0 Å². The molecule has 0 atom stereocenters. The van der Waals surface area contributed by atoms with Crippen molar-refractivity contribution < 1.29 is 18.7 Å². The number of carboxylic acid groups (broad SMARTS) is 1. The monoisotopic (exact) mass is 235 g/mol. The predicted octanol–water partition coefficient (Wildman–Crippen LogP) is 2.52. The van der Waals surface area contributed by atoms with Crippen molar-refractivity contribution in [3.8, 4) is 0 Å². The summed E-state index contributed by atoms with van der Waals surface area (Å²) < 4.78 is 10.4. The molecule has 0 aliphatic carbocycles. The Labute approximate surface area is 98.3 Å². The fraction of sp³-hybridized carbons (Fsp3) is 0.250. The van der Waals surface area contributed by atoms with Crippen LogP contribution >= 0.6 is 0 Å². The maximum Gasteiger partial charge on any atom is 0.371 e. The summed E-state index contributed by atoms with van der Waals surface area (Å²) in [6.45, 7) is 2.49. The molecular formula is C12H13NO4. The Bertz CT molecular complexity index is 526. The first-order chi connectivity index (χ1) is 8.08. The Kier molecular flexibility index (Phi) is 2.91. The van der Waals surface area contributed by atoms with Crippen molar-refractivity contribution in [1.29, 1.82) is 0 Å². The molecule has 90 valence electrons. The molecule has 2 heterocycles. The van der Waals surface area contributed by atoms with E-state index in [9.17, 15) is 4.79 Å². The quantitative estimate of drug-likeness (QED) is 0.881. The van der Waals surface area contributed by atoms with Crippen LogP contribution < -0.4 is 4.90 Å². The fourth-order valence-corrected chi connectivity index (χ4v) is 1.56. The summed E-state index contributed by atoms with van der Waals surface area (Å²) in [5, 5.41) is 8.75. The smallest absolute Gasteiger partial charge is 0.371 e. The minimum absolute atomic E-state index is 0.0595. The molecule has 17 heavy (non-hydrogen) atoms. The Morgan fingerprint density at radius 1 is 1.41 bits per heavy atom. The van der Waals surface area contributed by atoms with E-state index in [2.05, 4.69) is 0 Å². The summed E-state index contributed by atoms with van der Waals surface area (Å²) in [7, 11) is 1.83. The van der Waals surface area contributed by atoms with Gasteiger partial charge in [0.25, 0.3) is 0 Å². The van der Waals surface area contributed by atoms with Gasteiger partial charge in [0.15, 0.2) is 5.88 Å².